The summed E-state index contributed by atoms with van der Waals surface area (Å²) in [5, 5.41) is 10.4. The van der Waals surface area contributed by atoms with Gasteiger partial charge in [-0.2, -0.15) is 0 Å². The Morgan fingerprint density at radius 1 is 1.26 bits per heavy atom. The molecule has 7 nitrogen and oxygen atoms in total. The van der Waals surface area contributed by atoms with Crippen molar-refractivity contribution in [1.82, 2.24) is 0 Å². The van der Waals surface area contributed by atoms with Crippen molar-refractivity contribution in [2.24, 2.45) is 0 Å². The Balaban J connectivity index is 0.000000659. The molecule has 4 rings (SSSR count). The Morgan fingerprint density at radius 2 is 1.93 bits per heavy atom. The third-order valence-electron chi connectivity index (χ3n) is 4.56. The maximum atomic E-state index is 12.3. The van der Waals surface area contributed by atoms with Gasteiger partial charge in [-0.05, 0) is 30.2 Å². The van der Waals surface area contributed by atoms with Crippen LogP contribution in [-0.2, 0) is 9.59 Å². The van der Waals surface area contributed by atoms with Gasteiger partial charge in [0, 0.05) is 29.0 Å². The first-order chi connectivity index (χ1) is 13.0. The lowest BCUT2D eigenvalue weighted by molar-refractivity contribution is -0.123. The molecule has 0 fully saturated rings. The minimum absolute atomic E-state index is 0.0439. The van der Waals surface area contributed by atoms with Gasteiger partial charge in [0.1, 0.15) is 5.75 Å². The second-order valence-electron chi connectivity index (χ2n) is 5.99. The van der Waals surface area contributed by atoms with Gasteiger partial charge in [-0.3, -0.25) is 9.59 Å². The minimum Gasteiger partial charge on any atom is -0.496 e. The summed E-state index contributed by atoms with van der Waals surface area (Å²) in [6.07, 6.45) is 0.331. The van der Waals surface area contributed by atoms with Gasteiger partial charge in [0.15, 0.2) is 11.5 Å². The number of carbonyl (C=O) groups is 2. The molecule has 2 aromatic carbocycles. The fourth-order valence-electron chi connectivity index (χ4n) is 3.35. The van der Waals surface area contributed by atoms with Gasteiger partial charge in [-0.25, -0.2) is 0 Å². The number of carboxylic acid groups (broad SMARTS) is 1. The molecular formula is C19H18ClNO6. The molecule has 0 spiro atoms. The maximum Gasteiger partial charge on any atom is 0.290 e. The molecule has 1 atom stereocenters. The average molecular weight is 392 g/mol. The first-order valence-electron chi connectivity index (χ1n) is 8.14. The molecule has 0 saturated carbocycles. The lowest BCUT2D eigenvalue weighted by Crippen LogP contribution is -2.24. The predicted molar refractivity (Wildman–Crippen MR) is 99.1 cm³/mol. The summed E-state index contributed by atoms with van der Waals surface area (Å²) in [5.74, 6) is 1.85. The molecule has 0 aliphatic carbocycles. The molecule has 1 amide bonds. The summed E-state index contributed by atoms with van der Waals surface area (Å²) >= 11 is 6.46. The van der Waals surface area contributed by atoms with Crippen LogP contribution in [-0.4, -0.2) is 31.4 Å². The van der Waals surface area contributed by atoms with Crippen LogP contribution >= 0.6 is 11.6 Å². The van der Waals surface area contributed by atoms with Crippen LogP contribution < -0.4 is 19.5 Å². The summed E-state index contributed by atoms with van der Waals surface area (Å²) in [4.78, 5) is 20.6. The molecular weight excluding hydrogens is 374 g/mol. The number of halogens is 1. The molecule has 2 N–H and O–H groups in total. The van der Waals surface area contributed by atoms with Crippen LogP contribution in [0.4, 0.5) is 5.69 Å². The van der Waals surface area contributed by atoms with Crippen molar-refractivity contribution in [3.05, 3.63) is 46.0 Å². The molecule has 8 heteroatoms. The van der Waals surface area contributed by atoms with Gasteiger partial charge < -0.3 is 24.6 Å². The van der Waals surface area contributed by atoms with Crippen molar-refractivity contribution in [2.75, 3.05) is 19.2 Å². The van der Waals surface area contributed by atoms with Gasteiger partial charge in [0.25, 0.3) is 6.47 Å². The van der Waals surface area contributed by atoms with Crippen molar-refractivity contribution in [3.63, 3.8) is 0 Å². The Morgan fingerprint density at radius 3 is 2.59 bits per heavy atom. The number of amides is 1. The number of ether oxygens (including phenoxy) is 3. The van der Waals surface area contributed by atoms with E-state index in [1.165, 1.54) is 0 Å². The fraction of sp³-hybridized carbons (Fsp3) is 0.263. The van der Waals surface area contributed by atoms with E-state index in [0.717, 1.165) is 28.1 Å². The van der Waals surface area contributed by atoms with Crippen LogP contribution in [0, 0.1) is 6.92 Å². The molecule has 2 heterocycles. The van der Waals surface area contributed by atoms with E-state index in [0.29, 0.717) is 22.9 Å². The van der Waals surface area contributed by atoms with Crippen LogP contribution in [0.25, 0.3) is 0 Å². The number of nitrogens with one attached hydrogen (secondary N) is 1. The maximum absolute atomic E-state index is 12.3. The van der Waals surface area contributed by atoms with Crippen LogP contribution in [0.2, 0.25) is 5.02 Å². The standard InChI is InChI=1S/C18H16ClNO4.CH2O2/c1-9-14(22-2)4-3-10-11(6-17(21)20-18(9)10)12-5-15-16(7-13(12)19)24-8-23-15;2-1-3/h3-5,7,11H,6,8H2,1-2H3,(H,20,21);1H,(H,2,3). The van der Waals surface area contributed by atoms with Gasteiger partial charge in [0.2, 0.25) is 12.7 Å². The number of carbonyl (C=O) groups excluding carboxylic acids is 1. The molecule has 1 unspecified atom stereocenters. The van der Waals surface area contributed by atoms with Crippen LogP contribution in [0.5, 0.6) is 17.2 Å². The predicted octanol–water partition coefficient (Wildman–Crippen LogP) is 3.56. The second kappa shape index (κ2) is 7.75. The van der Waals surface area contributed by atoms with E-state index in [4.69, 9.17) is 35.7 Å². The van der Waals surface area contributed by atoms with Gasteiger partial charge >= 0.3 is 0 Å². The number of fused-ring (bicyclic) bond motifs is 2. The summed E-state index contributed by atoms with van der Waals surface area (Å²) in [7, 11) is 1.62. The van der Waals surface area contributed by atoms with E-state index in [-0.39, 0.29) is 25.1 Å². The van der Waals surface area contributed by atoms with Gasteiger partial charge in [-0.1, -0.05) is 17.7 Å². The van der Waals surface area contributed by atoms with Gasteiger partial charge in [0.05, 0.1) is 12.8 Å². The summed E-state index contributed by atoms with van der Waals surface area (Å²) in [6, 6.07) is 7.52. The van der Waals surface area contributed by atoms with E-state index in [9.17, 15) is 4.79 Å². The van der Waals surface area contributed by atoms with Crippen molar-refractivity contribution < 1.29 is 28.9 Å². The quantitative estimate of drug-likeness (QED) is 0.760. The van der Waals surface area contributed by atoms with E-state index in [1.54, 1.807) is 13.2 Å². The Hall–Kier alpha value is -2.93. The van der Waals surface area contributed by atoms with Crippen molar-refractivity contribution in [1.29, 1.82) is 0 Å². The second-order valence-corrected chi connectivity index (χ2v) is 6.40. The molecule has 2 aliphatic heterocycles. The highest BCUT2D eigenvalue weighted by Crippen LogP contribution is 2.46. The van der Waals surface area contributed by atoms with E-state index >= 15 is 0 Å². The highest BCUT2D eigenvalue weighted by atomic mass is 35.5. The number of benzene rings is 2. The number of rotatable bonds is 2. The third-order valence-corrected chi connectivity index (χ3v) is 4.89. The summed E-state index contributed by atoms with van der Waals surface area (Å²) in [6.45, 7) is 1.87. The zero-order valence-corrected chi connectivity index (χ0v) is 15.5. The van der Waals surface area contributed by atoms with E-state index in [1.807, 2.05) is 25.1 Å². The molecule has 0 radical (unpaired) electrons. The van der Waals surface area contributed by atoms with Crippen LogP contribution in [0.15, 0.2) is 24.3 Å². The molecule has 2 aromatic rings. The molecule has 0 saturated heterocycles. The number of hydrogen-bond donors (Lipinski definition) is 2. The Bertz CT molecular complexity index is 898. The fourth-order valence-corrected chi connectivity index (χ4v) is 3.64. The van der Waals surface area contributed by atoms with Crippen LogP contribution in [0.1, 0.15) is 29.0 Å². The van der Waals surface area contributed by atoms with E-state index < -0.39 is 0 Å². The Kier molecular flexibility index (Phi) is 5.41. The van der Waals surface area contributed by atoms with Crippen molar-refractivity contribution in [3.8, 4) is 17.2 Å². The molecule has 27 heavy (non-hydrogen) atoms. The molecule has 142 valence electrons. The number of methoxy groups -OCH3 is 1. The molecule has 0 aromatic heterocycles. The average Bonchev–Trinajstić information content (AvgIpc) is 3.09. The normalized spacial score (nSPS) is 16.6. The molecule has 2 aliphatic rings. The number of anilines is 1. The largest absolute Gasteiger partial charge is 0.496 e. The monoisotopic (exact) mass is 391 g/mol. The van der Waals surface area contributed by atoms with Crippen LogP contribution in [0.3, 0.4) is 0 Å². The van der Waals surface area contributed by atoms with Gasteiger partial charge in [-0.15, -0.1) is 0 Å². The van der Waals surface area contributed by atoms with Crippen molar-refractivity contribution >= 4 is 29.7 Å². The highest BCUT2D eigenvalue weighted by Gasteiger charge is 2.31. The zero-order chi connectivity index (χ0) is 19.6. The number of hydrogen-bond acceptors (Lipinski definition) is 5. The first kappa shape index (κ1) is 18.8. The highest BCUT2D eigenvalue weighted by molar-refractivity contribution is 6.31. The smallest absolute Gasteiger partial charge is 0.290 e. The lowest BCUT2D eigenvalue weighted by atomic mass is 9.83. The molecule has 0 bridgehead atoms. The summed E-state index contributed by atoms with van der Waals surface area (Å²) in [5.41, 5.74) is 3.59. The third kappa shape index (κ3) is 3.50. The lowest BCUT2D eigenvalue weighted by Gasteiger charge is -2.28. The summed E-state index contributed by atoms with van der Waals surface area (Å²) < 4.78 is 16.2. The van der Waals surface area contributed by atoms with Crippen molar-refractivity contribution in [2.45, 2.75) is 19.3 Å². The van der Waals surface area contributed by atoms with E-state index in [2.05, 4.69) is 5.32 Å². The Labute approximate surface area is 160 Å². The zero-order valence-electron chi connectivity index (χ0n) is 14.7. The first-order valence-corrected chi connectivity index (χ1v) is 8.52. The topological polar surface area (TPSA) is 94.1 Å². The minimum atomic E-state index is -0.250. The SMILES string of the molecule is COc1ccc2c(c1C)NC(=O)CC2c1cc2c(cc1Cl)OCO2.O=CO.